The first-order valence-corrected chi connectivity index (χ1v) is 7.98. The third kappa shape index (κ3) is 3.51. The van der Waals surface area contributed by atoms with E-state index < -0.39 is 0 Å². The van der Waals surface area contributed by atoms with E-state index in [2.05, 4.69) is 11.4 Å². The Kier molecular flexibility index (Phi) is 5.28. The predicted molar refractivity (Wildman–Crippen MR) is 87.0 cm³/mol. The summed E-state index contributed by atoms with van der Waals surface area (Å²) < 4.78 is 0. The lowest BCUT2D eigenvalue weighted by Crippen LogP contribution is -2.02. The van der Waals surface area contributed by atoms with Gasteiger partial charge in [-0.3, -0.25) is 0 Å². The van der Waals surface area contributed by atoms with Gasteiger partial charge in [0, 0.05) is 27.7 Å². The first-order chi connectivity index (χ1) is 9.13. The zero-order chi connectivity index (χ0) is 13.8. The van der Waals surface area contributed by atoms with Crippen molar-refractivity contribution in [1.29, 1.82) is 0 Å². The minimum atomic E-state index is 0.503. The zero-order valence-corrected chi connectivity index (χ0v) is 13.3. The fourth-order valence-corrected chi connectivity index (χ4v) is 2.96. The Morgan fingerprint density at radius 3 is 2.42 bits per heavy atom. The molecule has 0 aliphatic rings. The molecular formula is C14H12Cl3NS. The fraction of sp³-hybridized carbons (Fsp3) is 0.143. The molecule has 0 aromatic heterocycles. The number of para-hydroxylation sites is 1. The van der Waals surface area contributed by atoms with Crippen LogP contribution < -0.4 is 5.32 Å². The molecule has 0 unspecified atom stereocenters. The number of anilines is 1. The molecule has 0 saturated carbocycles. The van der Waals surface area contributed by atoms with Crippen LogP contribution in [0, 0.1) is 0 Å². The largest absolute Gasteiger partial charge is 0.380 e. The van der Waals surface area contributed by atoms with Crippen molar-refractivity contribution in [2.24, 2.45) is 0 Å². The number of nitrogens with one attached hydrogen (secondary N) is 1. The van der Waals surface area contributed by atoms with Gasteiger partial charge >= 0.3 is 0 Å². The standard InChI is InChI=1S/C14H12Cl3NS/c1-19-13-5-3-2-4-12(13)18-8-9-10(15)6-7-11(16)14(9)17/h2-7,18H,8H2,1H3. The van der Waals surface area contributed by atoms with Gasteiger partial charge in [-0.2, -0.15) is 0 Å². The van der Waals surface area contributed by atoms with Gasteiger partial charge in [0.05, 0.1) is 10.0 Å². The van der Waals surface area contributed by atoms with Crippen LogP contribution in [0.4, 0.5) is 5.69 Å². The Labute approximate surface area is 132 Å². The molecule has 0 bridgehead atoms. The van der Waals surface area contributed by atoms with Crippen molar-refractivity contribution in [3.63, 3.8) is 0 Å². The van der Waals surface area contributed by atoms with Gasteiger partial charge in [0.25, 0.3) is 0 Å². The molecule has 0 heterocycles. The molecule has 19 heavy (non-hydrogen) atoms. The second-order valence-electron chi connectivity index (χ2n) is 3.88. The van der Waals surface area contributed by atoms with E-state index in [4.69, 9.17) is 34.8 Å². The van der Waals surface area contributed by atoms with Crippen molar-refractivity contribution in [1.82, 2.24) is 0 Å². The molecule has 2 rings (SSSR count). The van der Waals surface area contributed by atoms with Crippen LogP contribution >= 0.6 is 46.6 Å². The summed E-state index contributed by atoms with van der Waals surface area (Å²) in [5, 5.41) is 4.97. The van der Waals surface area contributed by atoms with Crippen LogP contribution in [-0.2, 0) is 6.54 Å². The van der Waals surface area contributed by atoms with Crippen LogP contribution in [0.1, 0.15) is 5.56 Å². The SMILES string of the molecule is CSc1ccccc1NCc1c(Cl)ccc(Cl)c1Cl. The highest BCUT2D eigenvalue weighted by atomic mass is 35.5. The molecule has 0 radical (unpaired) electrons. The molecule has 1 nitrogen and oxygen atoms in total. The number of halogens is 3. The van der Waals surface area contributed by atoms with E-state index in [1.165, 1.54) is 4.90 Å². The molecule has 2 aromatic rings. The van der Waals surface area contributed by atoms with Crippen LogP contribution in [0.2, 0.25) is 15.1 Å². The Morgan fingerprint density at radius 2 is 1.68 bits per heavy atom. The number of hydrogen-bond donors (Lipinski definition) is 1. The van der Waals surface area contributed by atoms with E-state index in [-0.39, 0.29) is 0 Å². The van der Waals surface area contributed by atoms with Crippen LogP contribution in [0.3, 0.4) is 0 Å². The number of thioether (sulfide) groups is 1. The van der Waals surface area contributed by atoms with Crippen molar-refractivity contribution in [3.8, 4) is 0 Å². The van der Waals surface area contributed by atoms with Crippen molar-refractivity contribution >= 4 is 52.3 Å². The van der Waals surface area contributed by atoms with Gasteiger partial charge < -0.3 is 5.32 Å². The van der Waals surface area contributed by atoms with Crippen molar-refractivity contribution in [3.05, 3.63) is 57.0 Å². The molecule has 0 aliphatic carbocycles. The van der Waals surface area contributed by atoms with Crippen molar-refractivity contribution in [2.75, 3.05) is 11.6 Å². The lowest BCUT2D eigenvalue weighted by Gasteiger charge is -2.13. The summed E-state index contributed by atoms with van der Waals surface area (Å²) in [6, 6.07) is 11.5. The lowest BCUT2D eigenvalue weighted by molar-refractivity contribution is 1.13. The van der Waals surface area contributed by atoms with Gasteiger partial charge in [-0.1, -0.05) is 46.9 Å². The average molecular weight is 333 g/mol. The first kappa shape index (κ1) is 14.9. The molecule has 0 spiro atoms. The molecule has 0 atom stereocenters. The van der Waals surface area contributed by atoms with Crippen LogP contribution in [0.25, 0.3) is 0 Å². The van der Waals surface area contributed by atoms with E-state index >= 15 is 0 Å². The highest BCUT2D eigenvalue weighted by molar-refractivity contribution is 7.98. The number of rotatable bonds is 4. The molecular weight excluding hydrogens is 321 g/mol. The third-order valence-corrected chi connectivity index (χ3v) is 4.69. The van der Waals surface area contributed by atoms with Crippen molar-refractivity contribution < 1.29 is 0 Å². The smallest absolute Gasteiger partial charge is 0.0657 e. The van der Waals surface area contributed by atoms with Crippen LogP contribution in [-0.4, -0.2) is 6.26 Å². The van der Waals surface area contributed by atoms with Gasteiger partial charge in [0.2, 0.25) is 0 Å². The Morgan fingerprint density at radius 1 is 1.00 bits per heavy atom. The summed E-state index contributed by atoms with van der Waals surface area (Å²) in [4.78, 5) is 1.18. The fourth-order valence-electron chi connectivity index (χ4n) is 1.71. The highest BCUT2D eigenvalue weighted by Crippen LogP contribution is 2.33. The molecule has 1 N–H and O–H groups in total. The maximum Gasteiger partial charge on any atom is 0.0657 e. The lowest BCUT2D eigenvalue weighted by atomic mass is 10.2. The van der Waals surface area contributed by atoms with E-state index in [9.17, 15) is 0 Å². The summed E-state index contributed by atoms with van der Waals surface area (Å²) in [6.45, 7) is 0.538. The minimum absolute atomic E-state index is 0.503. The molecule has 5 heteroatoms. The molecule has 0 fully saturated rings. The summed E-state index contributed by atoms with van der Waals surface area (Å²) in [7, 11) is 0. The average Bonchev–Trinajstić information content (AvgIpc) is 2.43. The summed E-state index contributed by atoms with van der Waals surface area (Å²) in [5.41, 5.74) is 1.87. The third-order valence-electron chi connectivity index (χ3n) is 2.70. The van der Waals surface area contributed by atoms with Crippen LogP contribution in [0.5, 0.6) is 0 Å². The number of benzene rings is 2. The summed E-state index contributed by atoms with van der Waals surface area (Å²) >= 11 is 20.0. The van der Waals surface area contributed by atoms with E-state index in [1.807, 2.05) is 24.5 Å². The Hall–Kier alpha value is -0.540. The maximum absolute atomic E-state index is 6.18. The minimum Gasteiger partial charge on any atom is -0.380 e. The molecule has 100 valence electrons. The van der Waals surface area contributed by atoms with Gasteiger partial charge in [0.1, 0.15) is 0 Å². The maximum atomic E-state index is 6.18. The molecule has 0 aliphatic heterocycles. The second kappa shape index (κ2) is 6.76. The first-order valence-electron chi connectivity index (χ1n) is 5.62. The van der Waals surface area contributed by atoms with Gasteiger partial charge in [-0.25, -0.2) is 0 Å². The summed E-state index contributed by atoms with van der Waals surface area (Å²) in [6.07, 6.45) is 2.04. The molecule has 0 saturated heterocycles. The predicted octanol–water partition coefficient (Wildman–Crippen LogP) is 5.98. The van der Waals surface area contributed by atoms with E-state index in [0.717, 1.165) is 11.3 Å². The van der Waals surface area contributed by atoms with Gasteiger partial charge in [0.15, 0.2) is 0 Å². The highest BCUT2D eigenvalue weighted by Gasteiger charge is 2.10. The van der Waals surface area contributed by atoms with Crippen molar-refractivity contribution in [2.45, 2.75) is 11.4 Å². The molecule has 0 amide bonds. The zero-order valence-electron chi connectivity index (χ0n) is 10.2. The Balaban J connectivity index is 2.21. The van der Waals surface area contributed by atoms with E-state index in [0.29, 0.717) is 21.6 Å². The summed E-state index contributed by atoms with van der Waals surface area (Å²) in [5.74, 6) is 0. The normalized spacial score (nSPS) is 10.5. The molecule has 2 aromatic carbocycles. The van der Waals surface area contributed by atoms with E-state index in [1.54, 1.807) is 23.9 Å². The Bertz CT molecular complexity index is 587. The van der Waals surface area contributed by atoms with Crippen LogP contribution in [0.15, 0.2) is 41.3 Å². The monoisotopic (exact) mass is 331 g/mol. The van der Waals surface area contributed by atoms with Gasteiger partial charge in [-0.15, -0.1) is 11.8 Å². The topological polar surface area (TPSA) is 12.0 Å². The van der Waals surface area contributed by atoms with Gasteiger partial charge in [-0.05, 0) is 30.5 Å². The second-order valence-corrected chi connectivity index (χ2v) is 5.92. The number of hydrogen-bond acceptors (Lipinski definition) is 2. The quantitative estimate of drug-likeness (QED) is 0.546.